The molecule has 1 aromatic heterocycles. The molecule has 0 spiro atoms. The maximum Gasteiger partial charge on any atom is 0.410 e. The van der Waals surface area contributed by atoms with Crippen LogP contribution < -0.4 is 5.32 Å². The van der Waals surface area contributed by atoms with Crippen molar-refractivity contribution in [1.29, 1.82) is 0 Å². The number of nitrogens with one attached hydrogen (secondary N) is 1. The van der Waals surface area contributed by atoms with Gasteiger partial charge in [-0.15, -0.1) is 0 Å². The lowest BCUT2D eigenvalue weighted by Crippen LogP contribution is -2.35. The lowest BCUT2D eigenvalue weighted by atomic mass is 10.2. The van der Waals surface area contributed by atoms with E-state index in [1.807, 2.05) is 27.7 Å². The monoisotopic (exact) mass is 308 g/mol. The summed E-state index contributed by atoms with van der Waals surface area (Å²) in [5.41, 5.74) is 1.44. The maximum absolute atomic E-state index is 11.8. The Morgan fingerprint density at radius 2 is 2.00 bits per heavy atom. The summed E-state index contributed by atoms with van der Waals surface area (Å²) in [6.45, 7) is 11.1. The van der Waals surface area contributed by atoms with Gasteiger partial charge < -0.3 is 15.0 Å². The summed E-state index contributed by atoms with van der Waals surface area (Å²) >= 11 is 0. The molecule has 0 saturated carbocycles. The average Bonchev–Trinajstić information content (AvgIpc) is 2.41. The molecule has 0 aliphatic rings. The topological polar surface area (TPSA) is 67.4 Å². The summed E-state index contributed by atoms with van der Waals surface area (Å²) in [5, 5.41) is 3.40. The average molecular weight is 308 g/mol. The molecular formula is C16H28N4O2. The molecule has 0 saturated heterocycles. The molecule has 1 aromatic rings. The molecule has 22 heavy (non-hydrogen) atoms. The number of hydrogen-bond acceptors (Lipinski definition) is 5. The van der Waals surface area contributed by atoms with E-state index in [9.17, 15) is 4.79 Å². The molecule has 0 fully saturated rings. The van der Waals surface area contributed by atoms with Gasteiger partial charge in [0.15, 0.2) is 0 Å². The number of amides is 1. The van der Waals surface area contributed by atoms with Gasteiger partial charge in [-0.3, -0.25) is 9.97 Å². The molecule has 0 bridgehead atoms. The van der Waals surface area contributed by atoms with Gasteiger partial charge >= 0.3 is 6.09 Å². The highest BCUT2D eigenvalue weighted by molar-refractivity contribution is 5.67. The Hall–Kier alpha value is -1.69. The molecular weight excluding hydrogens is 280 g/mol. The number of aromatic nitrogens is 2. The van der Waals surface area contributed by atoms with Crippen molar-refractivity contribution < 1.29 is 9.53 Å². The number of rotatable bonds is 6. The van der Waals surface area contributed by atoms with Gasteiger partial charge in [-0.05, 0) is 47.6 Å². The summed E-state index contributed by atoms with van der Waals surface area (Å²) in [4.78, 5) is 22.0. The second-order valence-corrected chi connectivity index (χ2v) is 6.46. The molecule has 1 unspecified atom stereocenters. The highest BCUT2D eigenvalue weighted by atomic mass is 16.6. The molecule has 0 aliphatic heterocycles. The van der Waals surface area contributed by atoms with Gasteiger partial charge in [-0.25, -0.2) is 4.79 Å². The first-order valence-corrected chi connectivity index (χ1v) is 7.65. The first-order chi connectivity index (χ1) is 10.2. The van der Waals surface area contributed by atoms with Crippen LogP contribution in [-0.4, -0.2) is 46.7 Å². The molecule has 124 valence electrons. The molecule has 6 heteroatoms. The minimum absolute atomic E-state index is 0.139. The maximum atomic E-state index is 11.8. The molecule has 1 rings (SSSR count). The fourth-order valence-corrected chi connectivity index (χ4v) is 2.01. The molecule has 0 aliphatic carbocycles. The zero-order valence-corrected chi connectivity index (χ0v) is 14.5. The highest BCUT2D eigenvalue weighted by Crippen LogP contribution is 2.12. The Balaban J connectivity index is 2.30. The summed E-state index contributed by atoms with van der Waals surface area (Å²) in [7, 11) is 1.75. The first-order valence-electron chi connectivity index (χ1n) is 7.65. The van der Waals surface area contributed by atoms with Crippen LogP contribution in [0.5, 0.6) is 0 Å². The predicted octanol–water partition coefficient (Wildman–Crippen LogP) is 2.69. The van der Waals surface area contributed by atoms with Crippen LogP contribution in [0.3, 0.4) is 0 Å². The zero-order chi connectivity index (χ0) is 16.8. The molecule has 1 heterocycles. The van der Waals surface area contributed by atoms with Crippen molar-refractivity contribution in [2.75, 3.05) is 20.1 Å². The van der Waals surface area contributed by atoms with Crippen LogP contribution in [0.15, 0.2) is 12.4 Å². The second-order valence-electron chi connectivity index (χ2n) is 6.46. The van der Waals surface area contributed by atoms with Gasteiger partial charge in [-0.1, -0.05) is 0 Å². The van der Waals surface area contributed by atoms with Crippen LogP contribution in [0.4, 0.5) is 4.79 Å². The van der Waals surface area contributed by atoms with Crippen molar-refractivity contribution in [3.8, 4) is 0 Å². The van der Waals surface area contributed by atoms with Crippen molar-refractivity contribution in [3.05, 3.63) is 23.8 Å². The number of ether oxygens (including phenoxy) is 1. The van der Waals surface area contributed by atoms with Crippen LogP contribution in [0, 0.1) is 6.92 Å². The van der Waals surface area contributed by atoms with Crippen LogP contribution in [0.2, 0.25) is 0 Å². The Morgan fingerprint density at radius 1 is 1.36 bits per heavy atom. The second kappa shape index (κ2) is 8.08. The van der Waals surface area contributed by atoms with E-state index in [0.29, 0.717) is 6.54 Å². The fourth-order valence-electron chi connectivity index (χ4n) is 2.01. The van der Waals surface area contributed by atoms with E-state index in [1.165, 1.54) is 0 Å². The highest BCUT2D eigenvalue weighted by Gasteiger charge is 2.19. The zero-order valence-electron chi connectivity index (χ0n) is 14.5. The number of nitrogens with zero attached hydrogens (tertiary/aromatic N) is 3. The quantitative estimate of drug-likeness (QED) is 0.818. The SMILES string of the molecule is Cc1nccnc1C(C)NCCCN(C)C(=O)OC(C)(C)C. The molecule has 1 N–H and O–H groups in total. The number of carbonyl (C=O) groups is 1. The van der Waals surface area contributed by atoms with E-state index in [-0.39, 0.29) is 12.1 Å². The minimum atomic E-state index is -0.457. The lowest BCUT2D eigenvalue weighted by molar-refractivity contribution is 0.0297. The summed E-state index contributed by atoms with van der Waals surface area (Å²) in [5.74, 6) is 0. The molecule has 0 radical (unpaired) electrons. The van der Waals surface area contributed by atoms with Gasteiger partial charge in [0, 0.05) is 32.0 Å². The van der Waals surface area contributed by atoms with Crippen LogP contribution in [0.25, 0.3) is 0 Å². The van der Waals surface area contributed by atoms with Gasteiger partial charge in [0.05, 0.1) is 11.4 Å². The van der Waals surface area contributed by atoms with E-state index in [4.69, 9.17) is 4.74 Å². The number of hydrogen-bond donors (Lipinski definition) is 1. The molecule has 0 aromatic carbocycles. The number of aryl methyl sites for hydroxylation is 1. The normalized spacial score (nSPS) is 12.8. The van der Waals surface area contributed by atoms with Crippen LogP contribution in [-0.2, 0) is 4.74 Å². The Bertz CT molecular complexity index is 485. The van der Waals surface area contributed by atoms with Gasteiger partial charge in [-0.2, -0.15) is 0 Å². The van der Waals surface area contributed by atoms with Crippen LogP contribution in [0.1, 0.15) is 51.5 Å². The van der Waals surface area contributed by atoms with Crippen molar-refractivity contribution in [1.82, 2.24) is 20.2 Å². The minimum Gasteiger partial charge on any atom is -0.444 e. The van der Waals surface area contributed by atoms with E-state index in [2.05, 4.69) is 22.2 Å². The van der Waals surface area contributed by atoms with E-state index in [1.54, 1.807) is 24.3 Å². The lowest BCUT2D eigenvalue weighted by Gasteiger charge is -2.24. The Kier molecular flexibility index (Phi) is 6.74. The summed E-state index contributed by atoms with van der Waals surface area (Å²) in [6.07, 6.45) is 3.96. The smallest absolute Gasteiger partial charge is 0.410 e. The Morgan fingerprint density at radius 3 is 2.59 bits per heavy atom. The van der Waals surface area contributed by atoms with Gasteiger partial charge in [0.1, 0.15) is 5.60 Å². The third-order valence-corrected chi connectivity index (χ3v) is 3.16. The summed E-state index contributed by atoms with van der Waals surface area (Å²) < 4.78 is 5.31. The van der Waals surface area contributed by atoms with Crippen molar-refractivity contribution in [2.45, 2.75) is 52.7 Å². The van der Waals surface area contributed by atoms with Gasteiger partial charge in [0.25, 0.3) is 0 Å². The van der Waals surface area contributed by atoms with E-state index in [0.717, 1.165) is 24.4 Å². The standard InChI is InChI=1S/C16H28N4O2/c1-12(14-13(2)18-9-10-19-14)17-8-7-11-20(6)15(21)22-16(3,4)5/h9-10,12,17H,7-8,11H2,1-6H3. The largest absolute Gasteiger partial charge is 0.444 e. The van der Waals surface area contributed by atoms with Crippen molar-refractivity contribution >= 4 is 6.09 Å². The van der Waals surface area contributed by atoms with E-state index < -0.39 is 5.60 Å². The third-order valence-electron chi connectivity index (χ3n) is 3.16. The van der Waals surface area contributed by atoms with Crippen molar-refractivity contribution in [2.24, 2.45) is 0 Å². The van der Waals surface area contributed by atoms with Crippen molar-refractivity contribution in [3.63, 3.8) is 0 Å². The van der Waals surface area contributed by atoms with Crippen LogP contribution >= 0.6 is 0 Å². The van der Waals surface area contributed by atoms with E-state index >= 15 is 0 Å². The molecule has 6 nitrogen and oxygen atoms in total. The van der Waals surface area contributed by atoms with Gasteiger partial charge in [0.2, 0.25) is 0 Å². The predicted molar refractivity (Wildman–Crippen MR) is 86.7 cm³/mol. The first kappa shape index (κ1) is 18.4. The number of carbonyl (C=O) groups excluding carboxylic acids is 1. The summed E-state index contributed by atoms with van der Waals surface area (Å²) in [6, 6.07) is 0.139. The Labute approximate surface area is 133 Å². The molecule has 1 amide bonds. The molecule has 1 atom stereocenters. The fraction of sp³-hybridized carbons (Fsp3) is 0.688. The third kappa shape index (κ3) is 6.39.